The van der Waals surface area contributed by atoms with Crippen molar-refractivity contribution in [3.63, 3.8) is 0 Å². The molecule has 0 amide bonds. The van der Waals surface area contributed by atoms with E-state index in [9.17, 15) is 9.18 Å². The number of methoxy groups -OCH3 is 1. The molecule has 1 aromatic carbocycles. The average molecular weight is 477 g/mol. The molecule has 0 fully saturated rings. The molecule has 4 nitrogen and oxygen atoms in total. The zero-order chi connectivity index (χ0) is 14.7. The second-order valence-electron chi connectivity index (χ2n) is 4.01. The van der Waals surface area contributed by atoms with Crippen LogP contribution in [0.1, 0.15) is 0 Å². The van der Waals surface area contributed by atoms with Crippen molar-refractivity contribution < 1.29 is 46.6 Å². The fraction of sp³-hybridized carbons (Fsp3) is 0.214. The van der Waals surface area contributed by atoms with Crippen LogP contribution in [0.3, 0.4) is 0 Å². The minimum atomic E-state index is -0.480. The van der Waals surface area contributed by atoms with Gasteiger partial charge in [0.25, 0.3) is 0 Å². The van der Waals surface area contributed by atoms with E-state index in [2.05, 4.69) is 6.07 Å². The van der Waals surface area contributed by atoms with Crippen LogP contribution in [0.2, 0.25) is 0 Å². The second kappa shape index (κ2) is 8.36. The molecule has 109 valence electrons. The van der Waals surface area contributed by atoms with Crippen molar-refractivity contribution in [1.29, 1.82) is 0 Å². The van der Waals surface area contributed by atoms with Crippen LogP contribution in [0.5, 0.6) is 5.75 Å². The number of halogens is 2. The van der Waals surface area contributed by atoms with Gasteiger partial charge >= 0.3 is 0 Å². The van der Waals surface area contributed by atoms with Gasteiger partial charge in [-0.25, -0.2) is 4.39 Å². The Bertz CT molecular complexity index is 690. The fourth-order valence-corrected chi connectivity index (χ4v) is 2.29. The van der Waals surface area contributed by atoms with Gasteiger partial charge in [0.2, 0.25) is 5.56 Å². The molecule has 0 saturated heterocycles. The predicted octanol–water partition coefficient (Wildman–Crippen LogP) is 2.58. The number of benzene rings is 1. The number of hydrogen-bond acceptors (Lipinski definition) is 3. The maximum absolute atomic E-state index is 14.1. The first-order valence-corrected chi connectivity index (χ1v) is 6.82. The van der Waals surface area contributed by atoms with Crippen LogP contribution < -0.4 is 10.3 Å². The molecule has 0 atom stereocenters. The van der Waals surface area contributed by atoms with Crippen LogP contribution in [0.25, 0.3) is 11.3 Å². The number of ether oxygens (including phenoxy) is 2. The third kappa shape index (κ3) is 4.12. The summed E-state index contributed by atoms with van der Waals surface area (Å²) in [6.07, 6.45) is 0. The number of aromatic nitrogens is 1. The van der Waals surface area contributed by atoms with Gasteiger partial charge in [-0.2, -0.15) is 12.1 Å². The van der Waals surface area contributed by atoms with Gasteiger partial charge in [0.1, 0.15) is 0 Å². The Morgan fingerprint density at radius 2 is 2.14 bits per heavy atom. The van der Waals surface area contributed by atoms with Gasteiger partial charge in [0.05, 0.1) is 11.6 Å². The Morgan fingerprint density at radius 1 is 1.43 bits per heavy atom. The van der Waals surface area contributed by atoms with Gasteiger partial charge in [-0.3, -0.25) is 4.79 Å². The van der Waals surface area contributed by atoms with Crippen molar-refractivity contribution >= 4 is 22.6 Å². The zero-order valence-corrected chi connectivity index (χ0v) is 16.5. The summed E-state index contributed by atoms with van der Waals surface area (Å²) in [5.74, 6) is -0.176. The van der Waals surface area contributed by atoms with Crippen molar-refractivity contribution in [3.05, 3.63) is 50.1 Å². The molecule has 0 aliphatic rings. The summed E-state index contributed by atoms with van der Waals surface area (Å²) >= 11 is 1.92. The molecule has 0 unspecified atom stereocenters. The van der Waals surface area contributed by atoms with Gasteiger partial charge in [0.15, 0.2) is 6.79 Å². The van der Waals surface area contributed by atoms with E-state index in [0.29, 0.717) is 15.0 Å². The molecule has 0 spiro atoms. The first-order valence-electron chi connectivity index (χ1n) is 5.74. The molecule has 2 aromatic rings. The SMILES string of the molecule is COCOc1cccc(F)c1-c1[c-]cc(I)c(=O)n1C.[Y]. The minimum absolute atomic E-state index is 0. The molecule has 7 heteroatoms. The molecule has 1 aromatic heterocycles. The molecule has 0 aliphatic heterocycles. The molecule has 0 aliphatic carbocycles. The number of rotatable bonds is 4. The van der Waals surface area contributed by atoms with Crippen molar-refractivity contribution in [2.75, 3.05) is 13.9 Å². The summed E-state index contributed by atoms with van der Waals surface area (Å²) in [5.41, 5.74) is 0.320. The van der Waals surface area contributed by atoms with E-state index in [1.165, 1.54) is 29.9 Å². The zero-order valence-electron chi connectivity index (χ0n) is 11.5. The molecule has 0 saturated carbocycles. The number of nitrogens with zero attached hydrogens (tertiary/aromatic N) is 1. The molecule has 0 bridgehead atoms. The first-order chi connectivity index (χ1) is 9.56. The Kier molecular flexibility index (Phi) is 7.46. The Labute approximate surface area is 160 Å². The van der Waals surface area contributed by atoms with Crippen LogP contribution in [0.4, 0.5) is 4.39 Å². The molecule has 0 N–H and O–H groups in total. The summed E-state index contributed by atoms with van der Waals surface area (Å²) in [5, 5.41) is 0. The number of hydrogen-bond donors (Lipinski definition) is 0. The third-order valence-corrected chi connectivity index (χ3v) is 3.50. The Balaban J connectivity index is 0.00000220. The number of pyridine rings is 1. The van der Waals surface area contributed by atoms with Crippen LogP contribution in [-0.2, 0) is 44.5 Å². The Hall–Kier alpha value is -0.306. The minimum Gasteiger partial charge on any atom is -0.480 e. The van der Waals surface area contributed by atoms with Crippen molar-refractivity contribution in [3.8, 4) is 17.0 Å². The van der Waals surface area contributed by atoms with Gasteiger partial charge in [-0.05, 0) is 21.3 Å². The third-order valence-electron chi connectivity index (χ3n) is 2.72. The normalized spacial score (nSPS) is 10.1. The maximum atomic E-state index is 14.1. The van der Waals surface area contributed by atoms with E-state index in [1.807, 2.05) is 22.6 Å². The summed E-state index contributed by atoms with van der Waals surface area (Å²) in [7, 11) is 3.05. The van der Waals surface area contributed by atoms with E-state index < -0.39 is 5.82 Å². The van der Waals surface area contributed by atoms with E-state index in [4.69, 9.17) is 9.47 Å². The summed E-state index contributed by atoms with van der Waals surface area (Å²) < 4.78 is 26.2. The maximum Gasteiger partial charge on any atom is 0.207 e. The largest absolute Gasteiger partial charge is 0.480 e. The molecule has 1 heterocycles. The summed E-state index contributed by atoms with van der Waals surface area (Å²) in [6.45, 7) is -0.00519. The van der Waals surface area contributed by atoms with Gasteiger partial charge in [-0.1, -0.05) is 11.8 Å². The van der Waals surface area contributed by atoms with Crippen LogP contribution in [0, 0.1) is 15.5 Å². The molecular weight excluding hydrogens is 465 g/mol. The predicted molar refractivity (Wildman–Crippen MR) is 81.1 cm³/mol. The van der Waals surface area contributed by atoms with Gasteiger partial charge in [-0.15, -0.1) is 22.6 Å². The fourth-order valence-electron chi connectivity index (χ4n) is 1.77. The Morgan fingerprint density at radius 3 is 2.81 bits per heavy atom. The van der Waals surface area contributed by atoms with Gasteiger partial charge in [0, 0.05) is 46.9 Å². The van der Waals surface area contributed by atoms with Crippen molar-refractivity contribution in [2.24, 2.45) is 7.05 Å². The molecule has 21 heavy (non-hydrogen) atoms. The monoisotopic (exact) mass is 477 g/mol. The molecule has 2 rings (SSSR count). The molecule has 1 radical (unpaired) electrons. The quantitative estimate of drug-likeness (QED) is 0.387. The van der Waals surface area contributed by atoms with Crippen molar-refractivity contribution in [2.45, 2.75) is 0 Å². The second-order valence-corrected chi connectivity index (χ2v) is 5.18. The van der Waals surface area contributed by atoms with Crippen LogP contribution >= 0.6 is 22.6 Å². The smallest absolute Gasteiger partial charge is 0.207 e. The summed E-state index contributed by atoms with van der Waals surface area (Å²) in [6, 6.07) is 8.91. The van der Waals surface area contributed by atoms with E-state index in [1.54, 1.807) is 13.1 Å². The summed E-state index contributed by atoms with van der Waals surface area (Å²) in [4.78, 5) is 11.9. The van der Waals surface area contributed by atoms with Crippen molar-refractivity contribution in [1.82, 2.24) is 4.57 Å². The van der Waals surface area contributed by atoms with Crippen LogP contribution in [-0.4, -0.2) is 18.5 Å². The van der Waals surface area contributed by atoms with Crippen LogP contribution in [0.15, 0.2) is 29.1 Å². The molecular formula is C14H12FINO3Y-. The first kappa shape index (κ1) is 18.7. The van der Waals surface area contributed by atoms with E-state index in [-0.39, 0.29) is 50.6 Å². The van der Waals surface area contributed by atoms with Gasteiger partial charge < -0.3 is 14.0 Å². The standard InChI is InChI=1S/C14H12FINO3.Y/c1-17-11(7-6-10(16)14(17)18)13-9(15)4-3-5-12(13)20-8-19-2;/h3-6H,8H2,1-2H3;/q-1;. The van der Waals surface area contributed by atoms with E-state index >= 15 is 0 Å². The topological polar surface area (TPSA) is 40.5 Å². The van der Waals surface area contributed by atoms with E-state index in [0.717, 1.165) is 0 Å². The average Bonchev–Trinajstić information content (AvgIpc) is 2.44.